The second-order valence-corrected chi connectivity index (χ2v) is 6.92. The summed E-state index contributed by atoms with van der Waals surface area (Å²) >= 11 is 2.86. The van der Waals surface area contributed by atoms with Gasteiger partial charge in [0.05, 0.1) is 15.9 Å². The first kappa shape index (κ1) is 14.4. The summed E-state index contributed by atoms with van der Waals surface area (Å²) in [6.07, 6.45) is 1.09. The number of halogens is 3. The predicted octanol–water partition coefficient (Wildman–Crippen LogP) is 2.57. The fourth-order valence-electron chi connectivity index (χ4n) is 1.39. The molecule has 0 aliphatic heterocycles. The number of hydrogen-bond acceptors (Lipinski definition) is 3. The van der Waals surface area contributed by atoms with Gasteiger partial charge in [-0.25, -0.2) is 17.2 Å². The van der Waals surface area contributed by atoms with Crippen LogP contribution in [-0.2, 0) is 9.84 Å². The minimum atomic E-state index is -3.16. The molecule has 0 spiro atoms. The minimum absolute atomic E-state index is 0.0244. The van der Waals surface area contributed by atoms with Crippen molar-refractivity contribution in [2.24, 2.45) is 0 Å². The third-order valence-electron chi connectivity index (χ3n) is 1.96. The molecule has 1 rings (SSSR count). The zero-order valence-corrected chi connectivity index (χ0v) is 11.7. The summed E-state index contributed by atoms with van der Waals surface area (Å²) < 4.78 is 48.7. The first-order valence-corrected chi connectivity index (χ1v) is 7.63. The predicted molar refractivity (Wildman–Crippen MR) is 66.9 cm³/mol. The molecule has 0 fully saturated rings. The molecular weight excluding hydrogens is 316 g/mol. The maximum atomic E-state index is 13.4. The van der Waals surface area contributed by atoms with Crippen LogP contribution in [0.3, 0.4) is 0 Å². The van der Waals surface area contributed by atoms with E-state index >= 15 is 0 Å². The van der Waals surface area contributed by atoms with E-state index in [0.717, 1.165) is 18.4 Å². The molecule has 0 bridgehead atoms. The van der Waals surface area contributed by atoms with Gasteiger partial charge in [0.2, 0.25) is 0 Å². The second kappa shape index (κ2) is 5.30. The van der Waals surface area contributed by atoms with Gasteiger partial charge in [-0.15, -0.1) is 0 Å². The van der Waals surface area contributed by atoms with E-state index in [-0.39, 0.29) is 15.9 Å². The average molecular weight is 328 g/mol. The van der Waals surface area contributed by atoms with E-state index < -0.39 is 27.5 Å². The highest BCUT2D eigenvalue weighted by molar-refractivity contribution is 9.10. The Balaban J connectivity index is 2.85. The van der Waals surface area contributed by atoms with Crippen LogP contribution in [0.1, 0.15) is 6.92 Å². The Hall–Kier alpha value is -0.690. The van der Waals surface area contributed by atoms with Crippen molar-refractivity contribution in [3.63, 3.8) is 0 Å². The SMILES string of the molecule is CC(CS(C)(=O)=O)Nc1cc(F)c(Br)cc1F. The summed E-state index contributed by atoms with van der Waals surface area (Å²) in [5, 5.41) is 2.62. The molecule has 1 aromatic rings. The summed E-state index contributed by atoms with van der Waals surface area (Å²) in [6.45, 7) is 1.58. The van der Waals surface area contributed by atoms with Gasteiger partial charge in [0, 0.05) is 18.4 Å². The molecule has 0 aliphatic rings. The molecule has 0 saturated heterocycles. The Morgan fingerprint density at radius 3 is 2.47 bits per heavy atom. The second-order valence-electron chi connectivity index (χ2n) is 3.88. The summed E-state index contributed by atoms with van der Waals surface area (Å²) in [6, 6.07) is 1.48. The standard InChI is InChI=1S/C10H12BrF2NO2S/c1-6(5-17(2,15)16)14-10-4-8(12)7(11)3-9(10)13/h3-4,6,14H,5H2,1-2H3. The number of benzene rings is 1. The van der Waals surface area contributed by atoms with Gasteiger partial charge in [-0.2, -0.15) is 0 Å². The van der Waals surface area contributed by atoms with Crippen molar-refractivity contribution in [2.75, 3.05) is 17.3 Å². The van der Waals surface area contributed by atoms with Gasteiger partial charge in [-0.05, 0) is 28.9 Å². The fraction of sp³-hybridized carbons (Fsp3) is 0.400. The van der Waals surface area contributed by atoms with Gasteiger partial charge in [-0.1, -0.05) is 0 Å². The Bertz CT molecular complexity index is 519. The molecule has 0 heterocycles. The lowest BCUT2D eigenvalue weighted by molar-refractivity contribution is 0.591. The van der Waals surface area contributed by atoms with Crippen LogP contribution >= 0.6 is 15.9 Å². The van der Waals surface area contributed by atoms with Crippen molar-refractivity contribution in [2.45, 2.75) is 13.0 Å². The average Bonchev–Trinajstić information content (AvgIpc) is 2.11. The Morgan fingerprint density at radius 1 is 1.35 bits per heavy atom. The Morgan fingerprint density at radius 2 is 1.94 bits per heavy atom. The van der Waals surface area contributed by atoms with E-state index in [9.17, 15) is 17.2 Å². The van der Waals surface area contributed by atoms with Crippen LogP contribution in [0.2, 0.25) is 0 Å². The number of nitrogens with one attached hydrogen (secondary N) is 1. The van der Waals surface area contributed by atoms with Crippen molar-refractivity contribution in [3.05, 3.63) is 28.2 Å². The number of hydrogen-bond donors (Lipinski definition) is 1. The quantitative estimate of drug-likeness (QED) is 0.864. The van der Waals surface area contributed by atoms with Crippen LogP contribution in [0.15, 0.2) is 16.6 Å². The summed E-state index contributed by atoms with van der Waals surface area (Å²) in [7, 11) is -3.16. The van der Waals surface area contributed by atoms with Crippen LogP contribution < -0.4 is 5.32 Å². The van der Waals surface area contributed by atoms with E-state index in [0.29, 0.717) is 0 Å². The zero-order chi connectivity index (χ0) is 13.2. The highest BCUT2D eigenvalue weighted by Crippen LogP contribution is 2.23. The molecule has 1 N–H and O–H groups in total. The lowest BCUT2D eigenvalue weighted by Crippen LogP contribution is -2.25. The molecule has 1 unspecified atom stereocenters. The molecule has 17 heavy (non-hydrogen) atoms. The molecule has 0 amide bonds. The number of sulfone groups is 1. The molecule has 96 valence electrons. The number of rotatable bonds is 4. The molecule has 7 heteroatoms. The van der Waals surface area contributed by atoms with E-state index in [2.05, 4.69) is 21.2 Å². The highest BCUT2D eigenvalue weighted by Gasteiger charge is 2.14. The van der Waals surface area contributed by atoms with Crippen LogP contribution in [0, 0.1) is 11.6 Å². The topological polar surface area (TPSA) is 46.2 Å². The van der Waals surface area contributed by atoms with E-state index in [1.807, 2.05) is 0 Å². The van der Waals surface area contributed by atoms with Gasteiger partial charge in [0.15, 0.2) is 0 Å². The molecule has 0 radical (unpaired) electrons. The van der Waals surface area contributed by atoms with Gasteiger partial charge < -0.3 is 5.32 Å². The fourth-order valence-corrected chi connectivity index (χ4v) is 2.70. The first-order chi connectivity index (χ1) is 7.69. The third kappa shape index (κ3) is 4.59. The largest absolute Gasteiger partial charge is 0.379 e. The third-order valence-corrected chi connectivity index (χ3v) is 3.68. The Kier molecular flexibility index (Phi) is 4.48. The van der Waals surface area contributed by atoms with E-state index in [4.69, 9.17) is 0 Å². The van der Waals surface area contributed by atoms with E-state index in [1.165, 1.54) is 0 Å². The van der Waals surface area contributed by atoms with Gasteiger partial charge in [-0.3, -0.25) is 0 Å². The van der Waals surface area contributed by atoms with Crippen molar-refractivity contribution in [1.29, 1.82) is 0 Å². The van der Waals surface area contributed by atoms with Crippen LogP contribution in [-0.4, -0.2) is 26.5 Å². The van der Waals surface area contributed by atoms with Crippen molar-refractivity contribution < 1.29 is 17.2 Å². The summed E-state index contributed by atoms with van der Waals surface area (Å²) in [5.41, 5.74) is -0.0538. The van der Waals surface area contributed by atoms with Crippen molar-refractivity contribution >= 4 is 31.5 Å². The summed E-state index contributed by atoms with van der Waals surface area (Å²) in [5.74, 6) is -1.40. The maximum absolute atomic E-state index is 13.4. The van der Waals surface area contributed by atoms with Gasteiger partial charge >= 0.3 is 0 Å². The van der Waals surface area contributed by atoms with Gasteiger partial charge in [0.25, 0.3) is 0 Å². The van der Waals surface area contributed by atoms with Crippen molar-refractivity contribution in [3.8, 4) is 0 Å². The van der Waals surface area contributed by atoms with Crippen LogP contribution in [0.5, 0.6) is 0 Å². The molecular formula is C10H12BrF2NO2S. The molecule has 3 nitrogen and oxygen atoms in total. The normalized spacial score (nSPS) is 13.5. The molecule has 0 aromatic heterocycles. The lowest BCUT2D eigenvalue weighted by Gasteiger charge is -2.15. The lowest BCUT2D eigenvalue weighted by atomic mass is 10.2. The summed E-state index contributed by atoms with van der Waals surface area (Å²) in [4.78, 5) is 0. The monoisotopic (exact) mass is 327 g/mol. The van der Waals surface area contributed by atoms with Gasteiger partial charge in [0.1, 0.15) is 21.5 Å². The zero-order valence-electron chi connectivity index (χ0n) is 9.30. The molecule has 1 atom stereocenters. The van der Waals surface area contributed by atoms with Crippen LogP contribution in [0.25, 0.3) is 0 Å². The molecule has 0 aliphatic carbocycles. The maximum Gasteiger partial charge on any atom is 0.149 e. The number of anilines is 1. The Labute approximate surface area is 107 Å². The molecule has 1 aromatic carbocycles. The van der Waals surface area contributed by atoms with Crippen LogP contribution in [0.4, 0.5) is 14.5 Å². The molecule has 0 saturated carbocycles. The highest BCUT2D eigenvalue weighted by atomic mass is 79.9. The van der Waals surface area contributed by atoms with Crippen molar-refractivity contribution in [1.82, 2.24) is 0 Å². The van der Waals surface area contributed by atoms with E-state index in [1.54, 1.807) is 6.92 Å². The first-order valence-electron chi connectivity index (χ1n) is 4.78. The smallest absolute Gasteiger partial charge is 0.149 e. The minimum Gasteiger partial charge on any atom is -0.379 e.